The van der Waals surface area contributed by atoms with E-state index in [1.54, 1.807) is 0 Å². The van der Waals surface area contributed by atoms with Crippen LogP contribution in [-0.2, 0) is 19.6 Å². The summed E-state index contributed by atoms with van der Waals surface area (Å²) in [5.74, 6) is 0. The Labute approximate surface area is 141 Å². The third kappa shape index (κ3) is 2.33. The van der Waals surface area contributed by atoms with Crippen LogP contribution >= 0.6 is 0 Å². The zero-order chi connectivity index (χ0) is 16.7. The Balaban J connectivity index is 1.69. The summed E-state index contributed by atoms with van der Waals surface area (Å²) in [7, 11) is 0. The molecule has 0 saturated heterocycles. The van der Waals surface area contributed by atoms with E-state index in [-0.39, 0.29) is 0 Å². The summed E-state index contributed by atoms with van der Waals surface area (Å²) in [6.07, 6.45) is 3.96. The molecule has 24 heavy (non-hydrogen) atoms. The summed E-state index contributed by atoms with van der Waals surface area (Å²) < 4.78 is 0. The molecular formula is C21H19N3. The fraction of sp³-hybridized carbons (Fsp3) is 0.190. The number of aromatic nitrogens is 1. The number of aromatic amines is 1. The normalized spacial score (nSPS) is 13.8. The summed E-state index contributed by atoms with van der Waals surface area (Å²) >= 11 is 0. The van der Waals surface area contributed by atoms with Crippen molar-refractivity contribution in [2.75, 3.05) is 0 Å². The Kier molecular flexibility index (Phi) is 3.48. The van der Waals surface area contributed by atoms with Crippen LogP contribution in [0.2, 0.25) is 0 Å². The van der Waals surface area contributed by atoms with Gasteiger partial charge < -0.3 is 4.98 Å². The SMILES string of the molecule is C=Cc1cc(C)c2[nH]ccc2c1CN1Cc2ccc(C#N)cc2C1. The number of fused-ring (bicyclic) bond motifs is 2. The number of nitriles is 1. The topological polar surface area (TPSA) is 42.8 Å². The Morgan fingerprint density at radius 3 is 2.88 bits per heavy atom. The molecule has 0 aliphatic carbocycles. The number of benzene rings is 2. The maximum absolute atomic E-state index is 9.08. The van der Waals surface area contributed by atoms with E-state index in [0.717, 1.165) is 25.2 Å². The number of hydrogen-bond acceptors (Lipinski definition) is 2. The Bertz CT molecular complexity index is 988. The molecule has 3 heteroatoms. The summed E-state index contributed by atoms with van der Waals surface area (Å²) in [5.41, 5.74) is 8.31. The van der Waals surface area contributed by atoms with E-state index in [1.165, 1.54) is 38.7 Å². The third-order valence-electron chi connectivity index (χ3n) is 4.91. The van der Waals surface area contributed by atoms with Gasteiger partial charge in [0.1, 0.15) is 0 Å². The molecule has 1 aliphatic heterocycles. The lowest BCUT2D eigenvalue weighted by atomic mass is 9.99. The first-order valence-corrected chi connectivity index (χ1v) is 8.16. The molecule has 2 aromatic carbocycles. The smallest absolute Gasteiger partial charge is 0.0991 e. The van der Waals surface area contributed by atoms with Crippen LogP contribution in [0.3, 0.4) is 0 Å². The predicted octanol–water partition coefficient (Wildman–Crippen LogP) is 4.51. The van der Waals surface area contributed by atoms with Crippen LogP contribution in [0.1, 0.15) is 33.4 Å². The van der Waals surface area contributed by atoms with Gasteiger partial charge in [0.05, 0.1) is 11.6 Å². The molecule has 0 radical (unpaired) electrons. The van der Waals surface area contributed by atoms with Gasteiger partial charge in [0, 0.05) is 36.7 Å². The lowest BCUT2D eigenvalue weighted by Crippen LogP contribution is -2.16. The molecule has 2 heterocycles. The van der Waals surface area contributed by atoms with Gasteiger partial charge in [0.25, 0.3) is 0 Å². The lowest BCUT2D eigenvalue weighted by Gasteiger charge is -2.18. The number of H-pyrrole nitrogens is 1. The second kappa shape index (κ2) is 5.67. The summed E-state index contributed by atoms with van der Waals surface area (Å²) in [6, 6.07) is 12.6. The molecule has 1 N–H and O–H groups in total. The average molecular weight is 313 g/mol. The molecule has 1 aromatic heterocycles. The molecule has 118 valence electrons. The second-order valence-electron chi connectivity index (χ2n) is 6.47. The van der Waals surface area contributed by atoms with Gasteiger partial charge in [-0.1, -0.05) is 18.7 Å². The number of aryl methyl sites for hydroxylation is 1. The van der Waals surface area contributed by atoms with Crippen LogP contribution in [0.5, 0.6) is 0 Å². The van der Waals surface area contributed by atoms with Crippen molar-refractivity contribution in [2.24, 2.45) is 0 Å². The van der Waals surface area contributed by atoms with Crippen molar-refractivity contribution in [3.05, 3.63) is 76.5 Å². The van der Waals surface area contributed by atoms with E-state index >= 15 is 0 Å². The molecule has 0 fully saturated rings. The Hall–Kier alpha value is -2.83. The van der Waals surface area contributed by atoms with E-state index in [1.807, 2.05) is 24.4 Å². The van der Waals surface area contributed by atoms with Gasteiger partial charge in [-0.25, -0.2) is 0 Å². The molecule has 3 aromatic rings. The van der Waals surface area contributed by atoms with E-state index in [9.17, 15) is 0 Å². The van der Waals surface area contributed by atoms with Crippen molar-refractivity contribution < 1.29 is 0 Å². The van der Waals surface area contributed by atoms with Gasteiger partial charge in [0.2, 0.25) is 0 Å². The summed E-state index contributed by atoms with van der Waals surface area (Å²) in [6.45, 7) is 8.83. The van der Waals surface area contributed by atoms with Crippen molar-refractivity contribution in [3.8, 4) is 6.07 Å². The molecule has 0 bridgehead atoms. The van der Waals surface area contributed by atoms with Crippen molar-refractivity contribution in [1.82, 2.24) is 9.88 Å². The highest BCUT2D eigenvalue weighted by Crippen LogP contribution is 2.31. The van der Waals surface area contributed by atoms with Gasteiger partial charge in [0.15, 0.2) is 0 Å². The zero-order valence-corrected chi connectivity index (χ0v) is 13.8. The molecule has 0 unspecified atom stereocenters. The van der Waals surface area contributed by atoms with Crippen LogP contribution in [0.25, 0.3) is 17.0 Å². The average Bonchev–Trinajstić information content (AvgIpc) is 3.22. The first-order chi connectivity index (χ1) is 11.7. The lowest BCUT2D eigenvalue weighted by molar-refractivity contribution is 0.276. The van der Waals surface area contributed by atoms with Crippen LogP contribution in [-0.4, -0.2) is 9.88 Å². The molecule has 0 spiro atoms. The Morgan fingerprint density at radius 1 is 1.25 bits per heavy atom. The predicted molar refractivity (Wildman–Crippen MR) is 97.2 cm³/mol. The number of nitrogens with zero attached hydrogens (tertiary/aromatic N) is 2. The summed E-state index contributed by atoms with van der Waals surface area (Å²) in [4.78, 5) is 5.77. The van der Waals surface area contributed by atoms with Crippen molar-refractivity contribution >= 4 is 17.0 Å². The van der Waals surface area contributed by atoms with Crippen LogP contribution in [0.15, 0.2) is 43.1 Å². The molecule has 3 nitrogen and oxygen atoms in total. The van der Waals surface area contributed by atoms with Crippen LogP contribution < -0.4 is 0 Å². The van der Waals surface area contributed by atoms with Gasteiger partial charge in [-0.05, 0) is 59.0 Å². The van der Waals surface area contributed by atoms with Crippen molar-refractivity contribution in [2.45, 2.75) is 26.6 Å². The van der Waals surface area contributed by atoms with Gasteiger partial charge in [-0.2, -0.15) is 5.26 Å². The minimum Gasteiger partial charge on any atom is -0.361 e. The fourth-order valence-electron chi connectivity index (χ4n) is 3.72. The quantitative estimate of drug-likeness (QED) is 0.773. The number of rotatable bonds is 3. The molecule has 0 saturated carbocycles. The number of hydrogen-bond donors (Lipinski definition) is 1. The largest absolute Gasteiger partial charge is 0.361 e. The standard InChI is InChI=1S/C21H19N3/c1-3-16-8-14(2)21-19(6-7-23-21)20(16)13-24-11-17-5-4-15(10-22)9-18(17)12-24/h3-9,23H,1,11-13H2,2H3. The molecule has 0 amide bonds. The second-order valence-corrected chi connectivity index (χ2v) is 6.47. The van der Waals surface area contributed by atoms with E-state index in [2.05, 4.69) is 47.7 Å². The fourth-order valence-corrected chi connectivity index (χ4v) is 3.72. The first kappa shape index (κ1) is 14.7. The highest BCUT2D eigenvalue weighted by atomic mass is 15.1. The zero-order valence-electron chi connectivity index (χ0n) is 13.8. The summed E-state index contributed by atoms with van der Waals surface area (Å²) in [5, 5.41) is 10.4. The minimum atomic E-state index is 0.741. The first-order valence-electron chi connectivity index (χ1n) is 8.16. The van der Waals surface area contributed by atoms with Crippen LogP contribution in [0.4, 0.5) is 0 Å². The van der Waals surface area contributed by atoms with E-state index in [4.69, 9.17) is 5.26 Å². The molecule has 0 atom stereocenters. The highest BCUT2D eigenvalue weighted by Gasteiger charge is 2.21. The highest BCUT2D eigenvalue weighted by molar-refractivity contribution is 5.89. The van der Waals surface area contributed by atoms with Crippen molar-refractivity contribution in [3.63, 3.8) is 0 Å². The Morgan fingerprint density at radius 2 is 2.08 bits per heavy atom. The maximum atomic E-state index is 9.08. The van der Waals surface area contributed by atoms with Gasteiger partial charge in [-0.3, -0.25) is 4.90 Å². The van der Waals surface area contributed by atoms with E-state index in [0.29, 0.717) is 0 Å². The van der Waals surface area contributed by atoms with Crippen molar-refractivity contribution in [1.29, 1.82) is 5.26 Å². The third-order valence-corrected chi connectivity index (χ3v) is 4.91. The molecular weight excluding hydrogens is 294 g/mol. The monoisotopic (exact) mass is 313 g/mol. The van der Waals surface area contributed by atoms with Crippen LogP contribution in [0, 0.1) is 18.3 Å². The molecule has 4 rings (SSSR count). The van der Waals surface area contributed by atoms with Gasteiger partial charge >= 0.3 is 0 Å². The molecule has 1 aliphatic rings. The van der Waals surface area contributed by atoms with Gasteiger partial charge in [-0.15, -0.1) is 0 Å². The number of nitrogens with one attached hydrogen (secondary N) is 1. The minimum absolute atomic E-state index is 0.741. The maximum Gasteiger partial charge on any atom is 0.0991 e. The van der Waals surface area contributed by atoms with E-state index < -0.39 is 0 Å².